The Bertz CT molecular complexity index is 1450. The molecule has 1 N–H and O–H groups in total. The highest BCUT2D eigenvalue weighted by Gasteiger charge is 2.42. The molecule has 12 nitrogen and oxygen atoms in total. The summed E-state index contributed by atoms with van der Waals surface area (Å²) in [5.74, 6) is 0.861. The van der Waals surface area contributed by atoms with Crippen LogP contribution in [0, 0.1) is 61.8 Å². The number of nitro benzene ring substituents is 2. The molecule has 0 spiro atoms. The van der Waals surface area contributed by atoms with E-state index in [0.29, 0.717) is 69.0 Å². The second-order valence-corrected chi connectivity index (χ2v) is 11.7. The summed E-state index contributed by atoms with van der Waals surface area (Å²) >= 11 is 0. The van der Waals surface area contributed by atoms with Gasteiger partial charge in [0, 0.05) is 59.6 Å². The Labute approximate surface area is 245 Å². The Kier molecular flexibility index (Phi) is 9.35. The maximum atomic E-state index is 12.5. The normalized spacial score (nSPS) is 22.6. The van der Waals surface area contributed by atoms with Crippen LogP contribution in [0.15, 0.2) is 0 Å². The molecule has 0 radical (unpaired) electrons. The van der Waals surface area contributed by atoms with Gasteiger partial charge in [0.1, 0.15) is 22.7 Å². The molecule has 0 fully saturated rings. The number of rotatable bonds is 6. The average Bonchev–Trinajstić information content (AvgIpc) is 2.85. The number of ether oxygens (including phenoxy) is 4. The molecule has 0 saturated carbocycles. The lowest BCUT2D eigenvalue weighted by molar-refractivity contribution is -0.386. The van der Waals surface area contributed by atoms with E-state index in [-0.39, 0.29) is 30.2 Å². The lowest BCUT2D eigenvalue weighted by Gasteiger charge is -2.39. The predicted octanol–water partition coefficient (Wildman–Crippen LogP) is 5.63. The van der Waals surface area contributed by atoms with Crippen molar-refractivity contribution in [3.63, 3.8) is 0 Å². The Balaban J connectivity index is 0.000000230. The Morgan fingerprint density at radius 2 is 1.24 bits per heavy atom. The SMILES string of the molecule is COCC1(C)CC(=O)c2c(C)c([N+](=O)[O-])c(C)c(C)c2O1.COCC1(C)CC(O)c2c(C)c([N+](=O)[O-])c(C)c(C)c2O1. The van der Waals surface area contributed by atoms with E-state index < -0.39 is 27.2 Å². The molecule has 0 amide bonds. The van der Waals surface area contributed by atoms with Crippen molar-refractivity contribution < 1.29 is 38.7 Å². The molecule has 2 heterocycles. The molecule has 2 aromatic carbocycles. The van der Waals surface area contributed by atoms with Crippen molar-refractivity contribution in [1.29, 1.82) is 0 Å². The smallest absolute Gasteiger partial charge is 0.276 e. The van der Waals surface area contributed by atoms with Crippen LogP contribution in [0.4, 0.5) is 11.4 Å². The molecule has 2 aliphatic heterocycles. The van der Waals surface area contributed by atoms with Gasteiger partial charge in [-0.15, -0.1) is 0 Å². The molecule has 0 bridgehead atoms. The lowest BCUT2D eigenvalue weighted by Crippen LogP contribution is -2.43. The number of benzene rings is 2. The summed E-state index contributed by atoms with van der Waals surface area (Å²) in [4.78, 5) is 34.2. The van der Waals surface area contributed by atoms with Crippen LogP contribution in [0.1, 0.15) is 82.1 Å². The molecule has 12 heteroatoms. The third-order valence-corrected chi connectivity index (χ3v) is 8.21. The lowest BCUT2D eigenvalue weighted by atomic mass is 9.85. The molecular weight excluding hydrogens is 548 g/mol. The molecule has 3 unspecified atom stereocenters. The van der Waals surface area contributed by atoms with E-state index in [2.05, 4.69) is 0 Å². The van der Waals surface area contributed by atoms with Crippen LogP contribution in [0.5, 0.6) is 11.5 Å². The van der Waals surface area contributed by atoms with Crippen LogP contribution in [0.3, 0.4) is 0 Å². The number of ketones is 1. The van der Waals surface area contributed by atoms with Crippen molar-refractivity contribution in [2.45, 2.75) is 85.5 Å². The van der Waals surface area contributed by atoms with E-state index in [1.165, 1.54) is 0 Å². The fraction of sp³-hybridized carbons (Fsp3) is 0.567. The molecule has 230 valence electrons. The van der Waals surface area contributed by atoms with Crippen LogP contribution >= 0.6 is 0 Å². The minimum atomic E-state index is -0.799. The summed E-state index contributed by atoms with van der Waals surface area (Å²) in [5, 5.41) is 33.0. The minimum Gasteiger partial charge on any atom is -0.484 e. The van der Waals surface area contributed by atoms with Crippen LogP contribution in [-0.4, -0.2) is 59.4 Å². The number of carbonyl (C=O) groups is 1. The van der Waals surface area contributed by atoms with Crippen molar-refractivity contribution in [1.82, 2.24) is 0 Å². The van der Waals surface area contributed by atoms with Gasteiger partial charge in [-0.1, -0.05) is 0 Å². The summed E-state index contributed by atoms with van der Waals surface area (Å²) < 4.78 is 22.3. The molecule has 0 saturated heterocycles. The number of aliphatic hydroxyl groups excluding tert-OH is 1. The first-order chi connectivity index (χ1) is 19.4. The second kappa shape index (κ2) is 11.9. The van der Waals surface area contributed by atoms with Crippen LogP contribution in [0.2, 0.25) is 0 Å². The highest BCUT2D eigenvalue weighted by Crippen LogP contribution is 2.48. The zero-order valence-electron chi connectivity index (χ0n) is 25.9. The van der Waals surface area contributed by atoms with Gasteiger partial charge in [0.05, 0.1) is 41.1 Å². The standard InChI is InChI=1S/C15H21NO5.C15H19NO5/c2*1-8-9(2)14-12(10(3)13(8)16(18)19)11(17)6-15(4,21-14)7-20-5/h11,17H,6-7H2,1-5H3;6-7H2,1-5H3. The van der Waals surface area contributed by atoms with Crippen molar-refractivity contribution in [3.05, 3.63) is 64.7 Å². The van der Waals surface area contributed by atoms with Gasteiger partial charge in [-0.25, -0.2) is 0 Å². The number of aliphatic hydroxyl groups is 1. The van der Waals surface area contributed by atoms with Gasteiger partial charge in [0.25, 0.3) is 11.4 Å². The number of nitro groups is 2. The molecule has 4 rings (SSSR count). The fourth-order valence-corrected chi connectivity index (χ4v) is 6.07. The van der Waals surface area contributed by atoms with E-state index in [0.717, 1.165) is 0 Å². The van der Waals surface area contributed by atoms with Gasteiger partial charge in [-0.3, -0.25) is 25.0 Å². The third-order valence-electron chi connectivity index (χ3n) is 8.21. The topological polar surface area (TPSA) is 160 Å². The van der Waals surface area contributed by atoms with Gasteiger partial charge in [0.2, 0.25) is 0 Å². The fourth-order valence-electron chi connectivity index (χ4n) is 6.07. The zero-order valence-corrected chi connectivity index (χ0v) is 25.9. The maximum Gasteiger partial charge on any atom is 0.276 e. The monoisotopic (exact) mass is 588 g/mol. The third kappa shape index (κ3) is 5.83. The van der Waals surface area contributed by atoms with Crippen molar-refractivity contribution in [2.24, 2.45) is 0 Å². The predicted molar refractivity (Wildman–Crippen MR) is 155 cm³/mol. The average molecular weight is 589 g/mol. The molecule has 2 aromatic rings. The highest BCUT2D eigenvalue weighted by atomic mass is 16.6. The largest absolute Gasteiger partial charge is 0.484 e. The molecule has 0 aromatic heterocycles. The van der Waals surface area contributed by atoms with Crippen molar-refractivity contribution >= 4 is 17.2 Å². The number of nitrogens with zero attached hydrogens (tertiary/aromatic N) is 2. The van der Waals surface area contributed by atoms with Crippen molar-refractivity contribution in [3.8, 4) is 11.5 Å². The molecular formula is C30H40N2O10. The van der Waals surface area contributed by atoms with Crippen LogP contribution in [0.25, 0.3) is 0 Å². The summed E-state index contributed by atoms with van der Waals surface area (Å²) in [6.07, 6.45) is -0.310. The van der Waals surface area contributed by atoms with Gasteiger partial charge < -0.3 is 24.1 Å². The molecule has 2 aliphatic rings. The van der Waals surface area contributed by atoms with Crippen LogP contribution < -0.4 is 9.47 Å². The van der Waals surface area contributed by atoms with Gasteiger partial charge in [-0.2, -0.15) is 0 Å². The van der Waals surface area contributed by atoms with E-state index >= 15 is 0 Å². The van der Waals surface area contributed by atoms with Gasteiger partial charge in [-0.05, 0) is 55.4 Å². The number of fused-ring (bicyclic) bond motifs is 2. The Morgan fingerprint density at radius 3 is 1.74 bits per heavy atom. The number of carbonyl (C=O) groups excluding carboxylic acids is 1. The van der Waals surface area contributed by atoms with Crippen LogP contribution in [-0.2, 0) is 9.47 Å². The first-order valence-corrected chi connectivity index (χ1v) is 13.6. The first-order valence-electron chi connectivity index (χ1n) is 13.6. The Hall–Kier alpha value is -3.61. The van der Waals surface area contributed by atoms with Gasteiger partial charge in [0.15, 0.2) is 5.78 Å². The summed E-state index contributed by atoms with van der Waals surface area (Å²) in [7, 11) is 3.13. The van der Waals surface area contributed by atoms with E-state index in [9.17, 15) is 30.1 Å². The highest BCUT2D eigenvalue weighted by molar-refractivity contribution is 6.03. The molecule has 3 atom stereocenters. The second-order valence-electron chi connectivity index (χ2n) is 11.7. The maximum absolute atomic E-state index is 12.5. The van der Waals surface area contributed by atoms with E-state index in [4.69, 9.17) is 18.9 Å². The quantitative estimate of drug-likeness (QED) is 0.331. The number of hydrogen-bond acceptors (Lipinski definition) is 10. The van der Waals surface area contributed by atoms with Crippen molar-refractivity contribution in [2.75, 3.05) is 27.4 Å². The first kappa shape index (κ1) is 32.9. The summed E-state index contributed by atoms with van der Waals surface area (Å²) in [6, 6.07) is 0. The van der Waals surface area contributed by atoms with Gasteiger partial charge >= 0.3 is 0 Å². The summed E-state index contributed by atoms with van der Waals surface area (Å²) in [6.45, 7) is 14.5. The zero-order chi connectivity index (χ0) is 31.9. The summed E-state index contributed by atoms with van der Waals surface area (Å²) in [5.41, 5.74) is 2.84. The van der Waals surface area contributed by atoms with E-state index in [1.54, 1.807) is 55.8 Å². The molecule has 0 aliphatic carbocycles. The Morgan fingerprint density at radius 1 is 0.786 bits per heavy atom. The van der Waals surface area contributed by atoms with E-state index in [1.807, 2.05) is 13.8 Å². The number of hydrogen-bond donors (Lipinski definition) is 1. The number of methoxy groups -OCH3 is 2. The number of Topliss-reactive ketones (excluding diaryl/α,β-unsaturated/α-hetero) is 1. The minimum absolute atomic E-state index is 0.00135. The molecule has 42 heavy (non-hydrogen) atoms.